The molecule has 0 aliphatic carbocycles. The van der Waals surface area contributed by atoms with Gasteiger partial charge in [0.15, 0.2) is 5.96 Å². The minimum absolute atomic E-state index is 0.281. The van der Waals surface area contributed by atoms with Crippen molar-refractivity contribution in [1.82, 2.24) is 10.2 Å². The summed E-state index contributed by atoms with van der Waals surface area (Å²) in [6.45, 7) is 4.21. The highest BCUT2D eigenvalue weighted by Gasteiger charge is 2.42. The first-order valence-electron chi connectivity index (χ1n) is 8.09. The van der Waals surface area contributed by atoms with Crippen LogP contribution < -0.4 is 5.32 Å². The molecule has 0 amide bonds. The standard InChI is InChI=1S/C17H23F2N3O/c1-20-16(22-6-3-17(11-22)4-7-23-12-17)21-5-2-13-8-14(18)10-15(19)9-13/h8-10H,2-7,11-12H2,1H3,(H,20,21). The second kappa shape index (κ2) is 6.83. The minimum Gasteiger partial charge on any atom is -0.381 e. The van der Waals surface area contributed by atoms with Crippen LogP contribution in [-0.4, -0.2) is 50.8 Å². The zero-order chi connectivity index (χ0) is 16.3. The van der Waals surface area contributed by atoms with Gasteiger partial charge in [0.25, 0.3) is 0 Å². The number of likely N-dealkylation sites (tertiary alicyclic amines) is 1. The molecule has 126 valence electrons. The van der Waals surface area contributed by atoms with Gasteiger partial charge in [-0.05, 0) is 37.0 Å². The lowest BCUT2D eigenvalue weighted by Gasteiger charge is -2.25. The van der Waals surface area contributed by atoms with Gasteiger partial charge in [-0.25, -0.2) is 8.78 Å². The van der Waals surface area contributed by atoms with Crippen LogP contribution in [0, 0.1) is 17.0 Å². The summed E-state index contributed by atoms with van der Waals surface area (Å²) in [5.74, 6) is -0.218. The van der Waals surface area contributed by atoms with E-state index in [1.165, 1.54) is 12.1 Å². The molecular formula is C17H23F2N3O. The molecule has 2 fully saturated rings. The lowest BCUT2D eigenvalue weighted by molar-refractivity contribution is 0.156. The number of rotatable bonds is 3. The second-order valence-electron chi connectivity index (χ2n) is 6.48. The van der Waals surface area contributed by atoms with Crippen molar-refractivity contribution in [2.45, 2.75) is 19.3 Å². The Bertz CT molecular complexity index is 565. The third-order valence-corrected chi connectivity index (χ3v) is 4.75. The van der Waals surface area contributed by atoms with Crippen molar-refractivity contribution in [3.05, 3.63) is 35.4 Å². The molecular weight excluding hydrogens is 300 g/mol. The van der Waals surface area contributed by atoms with Crippen molar-refractivity contribution < 1.29 is 13.5 Å². The number of ether oxygens (including phenoxy) is 1. The van der Waals surface area contributed by atoms with E-state index in [4.69, 9.17) is 4.74 Å². The summed E-state index contributed by atoms with van der Waals surface area (Å²) in [7, 11) is 1.76. The van der Waals surface area contributed by atoms with E-state index >= 15 is 0 Å². The van der Waals surface area contributed by atoms with Gasteiger partial charge in [-0.2, -0.15) is 0 Å². The van der Waals surface area contributed by atoms with Gasteiger partial charge in [0, 0.05) is 44.8 Å². The molecule has 0 radical (unpaired) electrons. The molecule has 1 spiro atoms. The molecule has 0 bridgehead atoms. The SMILES string of the molecule is CN=C(NCCc1cc(F)cc(F)c1)N1CCC2(CCOC2)C1. The summed E-state index contributed by atoms with van der Waals surface area (Å²) >= 11 is 0. The zero-order valence-corrected chi connectivity index (χ0v) is 13.4. The van der Waals surface area contributed by atoms with Crippen LogP contribution in [0.1, 0.15) is 18.4 Å². The molecule has 1 N–H and O–H groups in total. The van der Waals surface area contributed by atoms with Crippen LogP contribution in [0.5, 0.6) is 0 Å². The average Bonchev–Trinajstić information content (AvgIpc) is 3.13. The number of hydrogen-bond donors (Lipinski definition) is 1. The molecule has 1 unspecified atom stereocenters. The highest BCUT2D eigenvalue weighted by atomic mass is 19.1. The van der Waals surface area contributed by atoms with Gasteiger partial charge in [0.2, 0.25) is 0 Å². The first kappa shape index (κ1) is 16.2. The van der Waals surface area contributed by atoms with Gasteiger partial charge >= 0.3 is 0 Å². The topological polar surface area (TPSA) is 36.9 Å². The number of nitrogens with zero attached hydrogens (tertiary/aromatic N) is 2. The maximum Gasteiger partial charge on any atom is 0.193 e. The van der Waals surface area contributed by atoms with E-state index in [0.29, 0.717) is 18.5 Å². The summed E-state index contributed by atoms with van der Waals surface area (Å²) in [6, 6.07) is 3.63. The van der Waals surface area contributed by atoms with E-state index in [0.717, 1.165) is 51.2 Å². The van der Waals surface area contributed by atoms with E-state index in [1.54, 1.807) is 7.05 Å². The molecule has 23 heavy (non-hydrogen) atoms. The largest absolute Gasteiger partial charge is 0.381 e. The van der Waals surface area contributed by atoms with E-state index in [-0.39, 0.29) is 5.41 Å². The first-order chi connectivity index (χ1) is 11.1. The highest BCUT2D eigenvalue weighted by Crippen LogP contribution is 2.38. The normalized spacial score (nSPS) is 24.7. The van der Waals surface area contributed by atoms with Crippen molar-refractivity contribution in [3.8, 4) is 0 Å². The van der Waals surface area contributed by atoms with Crippen LogP contribution in [0.3, 0.4) is 0 Å². The summed E-state index contributed by atoms with van der Waals surface area (Å²) in [4.78, 5) is 6.58. The van der Waals surface area contributed by atoms with E-state index in [2.05, 4.69) is 15.2 Å². The van der Waals surface area contributed by atoms with Crippen molar-refractivity contribution in [3.63, 3.8) is 0 Å². The fraction of sp³-hybridized carbons (Fsp3) is 0.588. The summed E-state index contributed by atoms with van der Waals surface area (Å²) in [5, 5.41) is 3.30. The van der Waals surface area contributed by atoms with Crippen LogP contribution in [0.15, 0.2) is 23.2 Å². The predicted molar refractivity (Wildman–Crippen MR) is 85.5 cm³/mol. The molecule has 3 rings (SSSR count). The maximum absolute atomic E-state index is 13.2. The number of guanidine groups is 1. The van der Waals surface area contributed by atoms with Gasteiger partial charge in [-0.15, -0.1) is 0 Å². The van der Waals surface area contributed by atoms with Crippen LogP contribution in [-0.2, 0) is 11.2 Å². The number of hydrogen-bond acceptors (Lipinski definition) is 2. The fourth-order valence-corrected chi connectivity index (χ4v) is 3.49. The number of aliphatic imine (C=N–C) groups is 1. The minimum atomic E-state index is -0.535. The molecule has 0 aromatic heterocycles. The Labute approximate surface area is 135 Å². The van der Waals surface area contributed by atoms with Crippen molar-refractivity contribution in [2.75, 3.05) is 39.9 Å². The third kappa shape index (κ3) is 3.80. The summed E-state index contributed by atoms with van der Waals surface area (Å²) < 4.78 is 31.9. The van der Waals surface area contributed by atoms with Crippen LogP contribution >= 0.6 is 0 Å². The third-order valence-electron chi connectivity index (χ3n) is 4.75. The lowest BCUT2D eigenvalue weighted by atomic mass is 9.87. The molecule has 2 saturated heterocycles. The Morgan fingerprint density at radius 1 is 1.30 bits per heavy atom. The number of nitrogens with one attached hydrogen (secondary N) is 1. The van der Waals surface area contributed by atoms with Crippen LogP contribution in [0.4, 0.5) is 8.78 Å². The van der Waals surface area contributed by atoms with Gasteiger partial charge in [-0.3, -0.25) is 4.99 Å². The highest BCUT2D eigenvalue weighted by molar-refractivity contribution is 5.80. The van der Waals surface area contributed by atoms with E-state index in [1.807, 2.05) is 0 Å². The van der Waals surface area contributed by atoms with Gasteiger partial charge in [0.1, 0.15) is 11.6 Å². The van der Waals surface area contributed by atoms with Crippen LogP contribution in [0.2, 0.25) is 0 Å². The quantitative estimate of drug-likeness (QED) is 0.684. The summed E-state index contributed by atoms with van der Waals surface area (Å²) in [6.07, 6.45) is 2.79. The molecule has 6 heteroatoms. The molecule has 1 aromatic rings. The molecule has 1 aromatic carbocycles. The Kier molecular flexibility index (Phi) is 4.80. The molecule has 0 saturated carbocycles. The van der Waals surface area contributed by atoms with E-state index < -0.39 is 11.6 Å². The zero-order valence-electron chi connectivity index (χ0n) is 13.4. The second-order valence-corrected chi connectivity index (χ2v) is 6.48. The van der Waals surface area contributed by atoms with Gasteiger partial charge < -0.3 is 15.0 Å². The average molecular weight is 323 g/mol. The fourth-order valence-electron chi connectivity index (χ4n) is 3.49. The van der Waals surface area contributed by atoms with Gasteiger partial charge in [0.05, 0.1) is 6.61 Å². The Morgan fingerprint density at radius 2 is 2.09 bits per heavy atom. The first-order valence-corrected chi connectivity index (χ1v) is 8.09. The number of halogens is 2. The maximum atomic E-state index is 13.2. The Hall–Kier alpha value is -1.69. The molecule has 2 heterocycles. The molecule has 2 aliphatic rings. The van der Waals surface area contributed by atoms with Crippen molar-refractivity contribution in [2.24, 2.45) is 10.4 Å². The Balaban J connectivity index is 1.52. The lowest BCUT2D eigenvalue weighted by Crippen LogP contribution is -2.42. The van der Waals surface area contributed by atoms with Crippen molar-refractivity contribution in [1.29, 1.82) is 0 Å². The molecule has 1 atom stereocenters. The van der Waals surface area contributed by atoms with Crippen LogP contribution in [0.25, 0.3) is 0 Å². The predicted octanol–water partition coefficient (Wildman–Crippen LogP) is 2.20. The summed E-state index contributed by atoms with van der Waals surface area (Å²) in [5.41, 5.74) is 0.927. The smallest absolute Gasteiger partial charge is 0.193 e. The molecule has 2 aliphatic heterocycles. The number of benzene rings is 1. The monoisotopic (exact) mass is 323 g/mol. The van der Waals surface area contributed by atoms with Crippen molar-refractivity contribution >= 4 is 5.96 Å². The van der Waals surface area contributed by atoms with E-state index in [9.17, 15) is 8.78 Å². The van der Waals surface area contributed by atoms with Gasteiger partial charge in [-0.1, -0.05) is 0 Å². The Morgan fingerprint density at radius 3 is 2.74 bits per heavy atom. The molecule has 4 nitrogen and oxygen atoms in total.